The molecule has 2 aromatic rings. The molecule has 1 atom stereocenters. The molecule has 1 saturated carbocycles. The summed E-state index contributed by atoms with van der Waals surface area (Å²) in [5, 5.41) is 11.3. The van der Waals surface area contributed by atoms with Crippen molar-refractivity contribution in [2.75, 3.05) is 14.2 Å². The smallest absolute Gasteiger partial charge is 0.295 e. The summed E-state index contributed by atoms with van der Waals surface area (Å²) in [5.74, 6) is -0.710. The molecular formula is C24H26N2O5. The van der Waals surface area contributed by atoms with Crippen LogP contribution in [0.1, 0.15) is 49.4 Å². The number of aliphatic hydroxyl groups is 1. The molecule has 2 aliphatic rings. The fourth-order valence-corrected chi connectivity index (χ4v) is 4.56. The molecule has 0 spiro atoms. The number of hydrogen-bond donors (Lipinski definition) is 1. The van der Waals surface area contributed by atoms with E-state index in [4.69, 9.17) is 9.47 Å². The molecule has 0 bridgehead atoms. The van der Waals surface area contributed by atoms with Crippen LogP contribution in [0, 0.1) is 0 Å². The zero-order valence-corrected chi connectivity index (χ0v) is 17.7. The number of benzene rings is 1. The number of carbonyl (C=O) groups excluding carboxylic acids is 2. The first-order chi connectivity index (χ1) is 15.1. The van der Waals surface area contributed by atoms with Gasteiger partial charge in [-0.1, -0.05) is 25.3 Å². The largest absolute Gasteiger partial charge is 0.507 e. The maximum atomic E-state index is 13.2. The van der Waals surface area contributed by atoms with E-state index < -0.39 is 17.7 Å². The van der Waals surface area contributed by atoms with Gasteiger partial charge in [-0.05, 0) is 43.2 Å². The minimum Gasteiger partial charge on any atom is -0.507 e. The second-order valence-corrected chi connectivity index (χ2v) is 7.82. The van der Waals surface area contributed by atoms with Crippen molar-refractivity contribution in [3.05, 3.63) is 59.4 Å². The van der Waals surface area contributed by atoms with Crippen molar-refractivity contribution in [3.8, 4) is 11.5 Å². The standard InChI is InChI=1S/C24H26N2O5/c1-30-16-11-12-19(31-2)17(14-16)22(27)20-21(18-10-6-7-13-25-18)26(24(29)23(20)28)15-8-4-3-5-9-15/h6-7,10-15,21,27H,3-5,8-9H2,1-2H3/b22-20+. The number of methoxy groups -OCH3 is 2. The lowest BCUT2D eigenvalue weighted by Gasteiger charge is -2.35. The van der Waals surface area contributed by atoms with Crippen LogP contribution in [0.4, 0.5) is 0 Å². The molecule has 31 heavy (non-hydrogen) atoms. The number of amides is 1. The van der Waals surface area contributed by atoms with Crippen molar-refractivity contribution >= 4 is 17.4 Å². The number of rotatable bonds is 5. The van der Waals surface area contributed by atoms with E-state index in [0.29, 0.717) is 22.8 Å². The summed E-state index contributed by atoms with van der Waals surface area (Å²) in [6, 6.07) is 9.51. The molecule has 1 N–H and O–H groups in total. The Hall–Kier alpha value is -3.35. The fraction of sp³-hybridized carbons (Fsp3) is 0.375. The number of ether oxygens (including phenoxy) is 2. The SMILES string of the molecule is COc1ccc(OC)c(/C(O)=C2\C(=O)C(=O)N(C3CCCCC3)C2c2ccccn2)c1. The number of aromatic nitrogens is 1. The highest BCUT2D eigenvalue weighted by atomic mass is 16.5. The van der Waals surface area contributed by atoms with Crippen LogP contribution in [0.15, 0.2) is 48.2 Å². The molecule has 7 heteroatoms. The van der Waals surface area contributed by atoms with Gasteiger partial charge in [0, 0.05) is 12.2 Å². The van der Waals surface area contributed by atoms with E-state index in [9.17, 15) is 14.7 Å². The number of pyridine rings is 1. The van der Waals surface area contributed by atoms with Gasteiger partial charge in [0.05, 0.1) is 31.1 Å². The first-order valence-electron chi connectivity index (χ1n) is 10.5. The van der Waals surface area contributed by atoms with Crippen LogP contribution < -0.4 is 9.47 Å². The molecule has 0 radical (unpaired) electrons. The second-order valence-electron chi connectivity index (χ2n) is 7.82. The Kier molecular flexibility index (Phi) is 5.93. The van der Waals surface area contributed by atoms with Crippen LogP contribution >= 0.6 is 0 Å². The van der Waals surface area contributed by atoms with Gasteiger partial charge in [0.2, 0.25) is 0 Å². The van der Waals surface area contributed by atoms with E-state index in [-0.39, 0.29) is 17.4 Å². The number of nitrogens with zero attached hydrogens (tertiary/aromatic N) is 2. The van der Waals surface area contributed by atoms with E-state index in [1.807, 2.05) is 6.07 Å². The van der Waals surface area contributed by atoms with Crippen molar-refractivity contribution < 1.29 is 24.2 Å². The highest BCUT2D eigenvalue weighted by Gasteiger charge is 2.49. The Morgan fingerprint density at radius 3 is 2.48 bits per heavy atom. The summed E-state index contributed by atoms with van der Waals surface area (Å²) in [6.07, 6.45) is 6.43. The molecule has 2 fully saturated rings. The van der Waals surface area contributed by atoms with Crippen molar-refractivity contribution in [2.24, 2.45) is 0 Å². The van der Waals surface area contributed by atoms with Gasteiger partial charge < -0.3 is 19.5 Å². The Labute approximate surface area is 181 Å². The van der Waals surface area contributed by atoms with Crippen molar-refractivity contribution in [1.29, 1.82) is 0 Å². The van der Waals surface area contributed by atoms with E-state index in [2.05, 4.69) is 4.98 Å². The summed E-state index contributed by atoms with van der Waals surface area (Å²) in [7, 11) is 3.00. The quantitative estimate of drug-likeness (QED) is 0.447. The molecule has 162 valence electrons. The Balaban J connectivity index is 1.90. The number of ketones is 1. The summed E-state index contributed by atoms with van der Waals surface area (Å²) in [5.41, 5.74) is 0.876. The first-order valence-corrected chi connectivity index (χ1v) is 10.5. The summed E-state index contributed by atoms with van der Waals surface area (Å²) >= 11 is 0. The fourth-order valence-electron chi connectivity index (χ4n) is 4.56. The lowest BCUT2D eigenvalue weighted by atomic mass is 9.92. The number of likely N-dealkylation sites (tertiary alicyclic amines) is 1. The maximum absolute atomic E-state index is 13.2. The third kappa shape index (κ3) is 3.76. The number of Topliss-reactive ketones (excluding diaryl/α,β-unsaturated/α-hetero) is 1. The highest BCUT2D eigenvalue weighted by Crippen LogP contribution is 2.43. The minimum absolute atomic E-state index is 0.0285. The van der Waals surface area contributed by atoms with Crippen LogP contribution in [0.2, 0.25) is 0 Å². The summed E-state index contributed by atoms with van der Waals surface area (Å²) < 4.78 is 10.7. The van der Waals surface area contributed by atoms with E-state index in [1.54, 1.807) is 41.4 Å². The third-order valence-corrected chi connectivity index (χ3v) is 6.08. The van der Waals surface area contributed by atoms with Gasteiger partial charge in [0.15, 0.2) is 0 Å². The van der Waals surface area contributed by atoms with Crippen molar-refractivity contribution in [1.82, 2.24) is 9.88 Å². The predicted octanol–water partition coefficient (Wildman–Crippen LogP) is 3.85. The van der Waals surface area contributed by atoms with Crippen LogP contribution in [0.5, 0.6) is 11.5 Å². The topological polar surface area (TPSA) is 89.0 Å². The Bertz CT molecular complexity index is 1010. The van der Waals surface area contributed by atoms with E-state index >= 15 is 0 Å². The molecule has 2 heterocycles. The molecular weight excluding hydrogens is 396 g/mol. The van der Waals surface area contributed by atoms with Crippen molar-refractivity contribution in [2.45, 2.75) is 44.2 Å². The predicted molar refractivity (Wildman–Crippen MR) is 115 cm³/mol. The van der Waals surface area contributed by atoms with Gasteiger partial charge in [0.1, 0.15) is 23.3 Å². The van der Waals surface area contributed by atoms with Gasteiger partial charge >= 0.3 is 0 Å². The monoisotopic (exact) mass is 422 g/mol. The summed E-state index contributed by atoms with van der Waals surface area (Å²) in [4.78, 5) is 32.4. The van der Waals surface area contributed by atoms with Crippen LogP contribution in [-0.2, 0) is 9.59 Å². The second kappa shape index (κ2) is 8.79. The molecule has 1 unspecified atom stereocenters. The van der Waals surface area contributed by atoms with Gasteiger partial charge in [-0.2, -0.15) is 0 Å². The minimum atomic E-state index is -0.750. The molecule has 1 aromatic carbocycles. The van der Waals surface area contributed by atoms with Gasteiger partial charge in [0.25, 0.3) is 11.7 Å². The zero-order chi connectivity index (χ0) is 22.0. The van der Waals surface area contributed by atoms with Crippen LogP contribution in [0.25, 0.3) is 5.76 Å². The van der Waals surface area contributed by atoms with Gasteiger partial charge in [-0.15, -0.1) is 0 Å². The molecule has 7 nitrogen and oxygen atoms in total. The first kappa shape index (κ1) is 20.9. The van der Waals surface area contributed by atoms with Crippen LogP contribution in [-0.4, -0.2) is 46.9 Å². The van der Waals surface area contributed by atoms with Crippen molar-refractivity contribution in [3.63, 3.8) is 0 Å². The number of hydrogen-bond acceptors (Lipinski definition) is 6. The molecule has 1 amide bonds. The lowest BCUT2D eigenvalue weighted by molar-refractivity contribution is -0.141. The Morgan fingerprint density at radius 2 is 1.84 bits per heavy atom. The number of aliphatic hydroxyl groups excluding tert-OH is 1. The molecule has 4 rings (SSSR count). The lowest BCUT2D eigenvalue weighted by Crippen LogP contribution is -2.40. The molecule has 1 aliphatic carbocycles. The van der Waals surface area contributed by atoms with Gasteiger partial charge in [-0.3, -0.25) is 14.6 Å². The van der Waals surface area contributed by atoms with Crippen LogP contribution in [0.3, 0.4) is 0 Å². The zero-order valence-electron chi connectivity index (χ0n) is 17.7. The van der Waals surface area contributed by atoms with E-state index in [1.165, 1.54) is 14.2 Å². The third-order valence-electron chi connectivity index (χ3n) is 6.08. The molecule has 1 aromatic heterocycles. The van der Waals surface area contributed by atoms with E-state index in [0.717, 1.165) is 32.1 Å². The normalized spacial score (nSPS) is 21.4. The number of carbonyl (C=O) groups is 2. The molecule has 1 saturated heterocycles. The maximum Gasteiger partial charge on any atom is 0.295 e. The average molecular weight is 422 g/mol. The Morgan fingerprint density at radius 1 is 1.06 bits per heavy atom. The molecule has 1 aliphatic heterocycles. The highest BCUT2D eigenvalue weighted by molar-refractivity contribution is 6.46. The summed E-state index contributed by atoms with van der Waals surface area (Å²) in [6.45, 7) is 0. The van der Waals surface area contributed by atoms with Gasteiger partial charge in [-0.25, -0.2) is 0 Å². The average Bonchev–Trinajstić information content (AvgIpc) is 3.09.